The summed E-state index contributed by atoms with van der Waals surface area (Å²) in [6.07, 6.45) is 4.29. The lowest BCUT2D eigenvalue weighted by Gasteiger charge is -2.26. The molecule has 0 radical (unpaired) electrons. The van der Waals surface area contributed by atoms with Gasteiger partial charge in [0.25, 0.3) is 0 Å². The minimum absolute atomic E-state index is 0.411. The summed E-state index contributed by atoms with van der Waals surface area (Å²) in [7, 11) is 0. The lowest BCUT2D eigenvalue weighted by Crippen LogP contribution is -2.09. The molecule has 1 nitrogen and oxygen atoms in total. The van der Waals surface area contributed by atoms with Crippen LogP contribution in [0, 0.1) is 6.92 Å². The van der Waals surface area contributed by atoms with Crippen molar-refractivity contribution < 1.29 is 5.11 Å². The van der Waals surface area contributed by atoms with Crippen molar-refractivity contribution in [3.8, 4) is 0 Å². The number of rotatable bonds is 4. The van der Waals surface area contributed by atoms with Crippen molar-refractivity contribution in [1.29, 1.82) is 0 Å². The highest BCUT2D eigenvalue weighted by Crippen LogP contribution is 2.36. The molecule has 0 spiro atoms. The third-order valence-electron chi connectivity index (χ3n) is 4.57. The van der Waals surface area contributed by atoms with Gasteiger partial charge >= 0.3 is 0 Å². The summed E-state index contributed by atoms with van der Waals surface area (Å²) in [5, 5.41) is 10.4. The number of aliphatic hydroxyl groups is 1. The van der Waals surface area contributed by atoms with Gasteiger partial charge in [0.15, 0.2) is 0 Å². The second-order valence-electron chi connectivity index (χ2n) is 5.94. The molecule has 0 aromatic heterocycles. The van der Waals surface area contributed by atoms with E-state index in [2.05, 4.69) is 43.3 Å². The van der Waals surface area contributed by atoms with Crippen LogP contribution in [0.25, 0.3) is 0 Å². The van der Waals surface area contributed by atoms with Crippen molar-refractivity contribution in [3.05, 3.63) is 70.8 Å². The lowest BCUT2D eigenvalue weighted by atomic mass is 9.80. The first-order chi connectivity index (χ1) is 9.74. The number of aliphatic hydroxyl groups excluding tert-OH is 1. The smallest absolute Gasteiger partial charge is 0.0830 e. The Hall–Kier alpha value is -1.60. The normalized spacial score (nSPS) is 16.7. The van der Waals surface area contributed by atoms with Gasteiger partial charge in [0.2, 0.25) is 0 Å². The van der Waals surface area contributed by atoms with Gasteiger partial charge in [-0.25, -0.2) is 0 Å². The molecule has 1 saturated carbocycles. The average molecular weight is 266 g/mol. The zero-order valence-electron chi connectivity index (χ0n) is 12.0. The molecule has 3 rings (SSSR count). The Morgan fingerprint density at radius 3 is 2.35 bits per heavy atom. The van der Waals surface area contributed by atoms with Crippen LogP contribution in [0.5, 0.6) is 0 Å². The van der Waals surface area contributed by atoms with Crippen LogP contribution in [0.15, 0.2) is 48.5 Å². The molecule has 0 saturated heterocycles. The van der Waals surface area contributed by atoms with Gasteiger partial charge in [-0.1, -0.05) is 55.0 Å². The van der Waals surface area contributed by atoms with Crippen LogP contribution in [0.2, 0.25) is 0 Å². The fraction of sp³-hybridized carbons (Fsp3) is 0.368. The molecule has 0 amide bonds. The van der Waals surface area contributed by atoms with E-state index in [1.807, 2.05) is 12.1 Å². The first-order valence-corrected chi connectivity index (χ1v) is 7.56. The molecule has 2 aromatic carbocycles. The zero-order chi connectivity index (χ0) is 13.9. The maximum Gasteiger partial charge on any atom is 0.0830 e. The van der Waals surface area contributed by atoms with E-state index >= 15 is 0 Å². The van der Waals surface area contributed by atoms with Gasteiger partial charge in [-0.15, -0.1) is 0 Å². The van der Waals surface area contributed by atoms with Crippen LogP contribution in [-0.2, 0) is 6.42 Å². The molecule has 0 heterocycles. The SMILES string of the molecule is Cc1ccccc1CC(O)c1ccc(C2CCC2)cc1. The first-order valence-electron chi connectivity index (χ1n) is 7.56. The van der Waals surface area contributed by atoms with Crippen LogP contribution >= 0.6 is 0 Å². The molecular formula is C19H22O. The lowest BCUT2D eigenvalue weighted by molar-refractivity contribution is 0.178. The Balaban J connectivity index is 1.70. The van der Waals surface area contributed by atoms with E-state index in [9.17, 15) is 5.11 Å². The van der Waals surface area contributed by atoms with Crippen LogP contribution in [0.4, 0.5) is 0 Å². The summed E-state index contributed by atoms with van der Waals surface area (Å²) in [5.74, 6) is 0.762. The van der Waals surface area contributed by atoms with E-state index in [1.165, 1.54) is 36.0 Å². The van der Waals surface area contributed by atoms with E-state index in [0.717, 1.165) is 11.5 Å². The molecule has 1 N–H and O–H groups in total. The van der Waals surface area contributed by atoms with Gasteiger partial charge in [-0.2, -0.15) is 0 Å². The minimum Gasteiger partial charge on any atom is -0.388 e. The highest BCUT2D eigenvalue weighted by atomic mass is 16.3. The number of benzene rings is 2. The summed E-state index contributed by atoms with van der Waals surface area (Å²) in [6.45, 7) is 2.10. The summed E-state index contributed by atoms with van der Waals surface area (Å²) in [4.78, 5) is 0. The molecule has 1 aliphatic carbocycles. The minimum atomic E-state index is -0.411. The third-order valence-corrected chi connectivity index (χ3v) is 4.57. The van der Waals surface area contributed by atoms with Crippen molar-refractivity contribution in [1.82, 2.24) is 0 Å². The van der Waals surface area contributed by atoms with Crippen molar-refractivity contribution in [3.63, 3.8) is 0 Å². The van der Waals surface area contributed by atoms with Crippen molar-refractivity contribution in [2.75, 3.05) is 0 Å². The number of hydrogen-bond acceptors (Lipinski definition) is 1. The summed E-state index contributed by atoms with van der Waals surface area (Å²) in [6, 6.07) is 16.9. The van der Waals surface area contributed by atoms with Gasteiger partial charge in [-0.3, -0.25) is 0 Å². The highest BCUT2D eigenvalue weighted by molar-refractivity contribution is 5.31. The van der Waals surface area contributed by atoms with E-state index < -0.39 is 6.10 Å². The Bertz CT molecular complexity index is 567. The van der Waals surface area contributed by atoms with Crippen molar-refractivity contribution in [2.24, 2.45) is 0 Å². The maximum atomic E-state index is 10.4. The van der Waals surface area contributed by atoms with Gasteiger partial charge in [0.05, 0.1) is 6.10 Å². The molecular weight excluding hydrogens is 244 g/mol. The molecule has 2 aromatic rings. The Labute approximate surface area is 121 Å². The predicted molar refractivity (Wildman–Crippen MR) is 82.9 cm³/mol. The molecule has 104 valence electrons. The molecule has 1 fully saturated rings. The highest BCUT2D eigenvalue weighted by Gasteiger charge is 2.19. The quantitative estimate of drug-likeness (QED) is 0.861. The number of aryl methyl sites for hydroxylation is 1. The number of hydrogen-bond donors (Lipinski definition) is 1. The summed E-state index contributed by atoms with van der Waals surface area (Å²) in [5.41, 5.74) is 4.93. The second kappa shape index (κ2) is 5.80. The van der Waals surface area contributed by atoms with Gasteiger partial charge in [-0.05, 0) is 47.9 Å². The summed E-state index contributed by atoms with van der Waals surface area (Å²) >= 11 is 0. The predicted octanol–water partition coefficient (Wildman–Crippen LogP) is 4.54. The van der Waals surface area contributed by atoms with E-state index in [1.54, 1.807) is 0 Å². The molecule has 1 aliphatic rings. The van der Waals surface area contributed by atoms with Crippen molar-refractivity contribution >= 4 is 0 Å². The van der Waals surface area contributed by atoms with Crippen molar-refractivity contribution in [2.45, 2.75) is 44.6 Å². The first kappa shape index (κ1) is 13.4. The standard InChI is InChI=1S/C19H22O/c1-14-5-2-3-6-18(14)13-19(20)17-11-9-16(10-12-17)15-7-4-8-15/h2-3,5-6,9-12,15,19-20H,4,7-8,13H2,1H3. The van der Waals surface area contributed by atoms with Crippen LogP contribution < -0.4 is 0 Å². The van der Waals surface area contributed by atoms with E-state index in [4.69, 9.17) is 0 Å². The van der Waals surface area contributed by atoms with Crippen LogP contribution in [-0.4, -0.2) is 5.11 Å². The Kier molecular flexibility index (Phi) is 3.88. The van der Waals surface area contributed by atoms with E-state index in [-0.39, 0.29) is 0 Å². The van der Waals surface area contributed by atoms with Gasteiger partial charge < -0.3 is 5.11 Å². The molecule has 1 heteroatoms. The largest absolute Gasteiger partial charge is 0.388 e. The fourth-order valence-electron chi connectivity index (χ4n) is 2.90. The van der Waals surface area contributed by atoms with Gasteiger partial charge in [0, 0.05) is 6.42 Å². The van der Waals surface area contributed by atoms with Crippen LogP contribution in [0.3, 0.4) is 0 Å². The average Bonchev–Trinajstić information content (AvgIpc) is 2.40. The van der Waals surface area contributed by atoms with Gasteiger partial charge in [0.1, 0.15) is 0 Å². The third kappa shape index (κ3) is 2.78. The topological polar surface area (TPSA) is 20.2 Å². The Morgan fingerprint density at radius 2 is 1.75 bits per heavy atom. The van der Waals surface area contributed by atoms with E-state index in [0.29, 0.717) is 6.42 Å². The monoisotopic (exact) mass is 266 g/mol. The Morgan fingerprint density at radius 1 is 1.05 bits per heavy atom. The molecule has 1 atom stereocenters. The van der Waals surface area contributed by atoms with Crippen LogP contribution in [0.1, 0.15) is 53.5 Å². The zero-order valence-corrected chi connectivity index (χ0v) is 12.0. The molecule has 20 heavy (non-hydrogen) atoms. The fourth-order valence-corrected chi connectivity index (χ4v) is 2.90. The summed E-state index contributed by atoms with van der Waals surface area (Å²) < 4.78 is 0. The molecule has 1 unspecified atom stereocenters. The second-order valence-corrected chi connectivity index (χ2v) is 5.94. The molecule has 0 aliphatic heterocycles. The maximum absolute atomic E-state index is 10.4. The molecule has 0 bridgehead atoms.